The Morgan fingerprint density at radius 1 is 0.913 bits per heavy atom. The molecule has 0 amide bonds. The zero-order valence-electron chi connectivity index (χ0n) is 13.0. The molecule has 3 rings (SSSR count). The van der Waals surface area contributed by atoms with E-state index in [0.29, 0.717) is 18.3 Å². The van der Waals surface area contributed by atoms with Crippen molar-refractivity contribution in [2.24, 2.45) is 0 Å². The molecule has 118 valence electrons. The molecule has 3 aromatic rings. The van der Waals surface area contributed by atoms with Crippen molar-refractivity contribution in [3.63, 3.8) is 0 Å². The molecule has 2 aromatic carbocycles. The fourth-order valence-corrected chi connectivity index (χ4v) is 2.19. The Balaban J connectivity index is 1.47. The lowest BCUT2D eigenvalue weighted by atomic mass is 10.1. The molecule has 0 aliphatic carbocycles. The van der Waals surface area contributed by atoms with Gasteiger partial charge in [0.1, 0.15) is 5.75 Å². The number of nitrogens with one attached hydrogen (secondary N) is 1. The van der Waals surface area contributed by atoms with Crippen LogP contribution in [0.25, 0.3) is 0 Å². The number of aryl methyl sites for hydroxylation is 1. The Morgan fingerprint density at radius 2 is 1.65 bits per heavy atom. The van der Waals surface area contributed by atoms with Crippen LogP contribution in [0, 0.1) is 6.92 Å². The molecule has 5 heteroatoms. The summed E-state index contributed by atoms with van der Waals surface area (Å²) in [5.41, 5.74) is 2.53. The summed E-state index contributed by atoms with van der Waals surface area (Å²) < 4.78 is 11.1. The molecule has 0 atom stereocenters. The van der Waals surface area contributed by atoms with Crippen LogP contribution in [0.2, 0.25) is 0 Å². The van der Waals surface area contributed by atoms with Crippen molar-refractivity contribution >= 4 is 0 Å². The van der Waals surface area contributed by atoms with Crippen molar-refractivity contribution in [3.8, 4) is 5.75 Å². The number of hydrogen-bond acceptors (Lipinski definition) is 5. The maximum absolute atomic E-state index is 5.58. The van der Waals surface area contributed by atoms with Gasteiger partial charge in [0.05, 0.1) is 6.54 Å². The SMILES string of the molecule is Cc1ccccc1CNCc1nnc(COc2ccccc2)o1. The van der Waals surface area contributed by atoms with Gasteiger partial charge >= 0.3 is 0 Å². The molecular formula is C18H19N3O2. The number of nitrogens with zero attached hydrogens (tertiary/aromatic N) is 2. The molecule has 5 nitrogen and oxygen atoms in total. The van der Waals surface area contributed by atoms with Crippen LogP contribution in [0.1, 0.15) is 22.9 Å². The van der Waals surface area contributed by atoms with Crippen molar-refractivity contribution < 1.29 is 9.15 Å². The largest absolute Gasteiger partial charge is 0.484 e. The summed E-state index contributed by atoms with van der Waals surface area (Å²) in [7, 11) is 0. The minimum atomic E-state index is 0.273. The molecule has 0 aliphatic rings. The first-order valence-corrected chi connectivity index (χ1v) is 7.55. The van der Waals surface area contributed by atoms with E-state index < -0.39 is 0 Å². The molecule has 0 radical (unpaired) electrons. The first-order chi connectivity index (χ1) is 11.3. The monoisotopic (exact) mass is 309 g/mol. The summed E-state index contributed by atoms with van der Waals surface area (Å²) in [6.07, 6.45) is 0. The van der Waals surface area contributed by atoms with Crippen LogP contribution in [0.5, 0.6) is 5.75 Å². The topological polar surface area (TPSA) is 60.2 Å². The molecule has 0 fully saturated rings. The van der Waals surface area contributed by atoms with Gasteiger partial charge in [0.15, 0.2) is 6.61 Å². The van der Waals surface area contributed by atoms with E-state index >= 15 is 0 Å². The van der Waals surface area contributed by atoms with Crippen molar-refractivity contribution in [2.75, 3.05) is 0 Å². The average Bonchev–Trinajstić information content (AvgIpc) is 3.04. The van der Waals surface area contributed by atoms with Crippen LogP contribution in [0.15, 0.2) is 59.0 Å². The summed E-state index contributed by atoms with van der Waals surface area (Å²) in [5.74, 6) is 1.82. The summed E-state index contributed by atoms with van der Waals surface area (Å²) in [6, 6.07) is 17.8. The molecule has 23 heavy (non-hydrogen) atoms. The van der Waals surface area contributed by atoms with E-state index in [1.165, 1.54) is 11.1 Å². The normalized spacial score (nSPS) is 10.7. The second-order valence-electron chi connectivity index (χ2n) is 5.22. The van der Waals surface area contributed by atoms with E-state index in [2.05, 4.69) is 34.6 Å². The summed E-state index contributed by atoms with van der Waals surface area (Å²) in [4.78, 5) is 0. The Bertz CT molecular complexity index is 741. The van der Waals surface area contributed by atoms with Crippen LogP contribution < -0.4 is 10.1 Å². The van der Waals surface area contributed by atoms with E-state index in [9.17, 15) is 0 Å². The van der Waals surface area contributed by atoms with Gasteiger partial charge in [-0.05, 0) is 30.2 Å². The molecule has 1 heterocycles. The lowest BCUT2D eigenvalue weighted by Gasteiger charge is -2.05. The fourth-order valence-electron chi connectivity index (χ4n) is 2.19. The second kappa shape index (κ2) is 7.56. The first kappa shape index (κ1) is 15.2. The number of ether oxygens (including phenoxy) is 1. The predicted octanol–water partition coefficient (Wildman–Crippen LogP) is 3.25. The first-order valence-electron chi connectivity index (χ1n) is 7.55. The summed E-state index contributed by atoms with van der Waals surface area (Å²) >= 11 is 0. The van der Waals surface area contributed by atoms with Gasteiger partial charge in [0.25, 0.3) is 5.89 Å². The molecule has 0 aliphatic heterocycles. The Morgan fingerprint density at radius 3 is 2.48 bits per heavy atom. The van der Waals surface area contributed by atoms with Crippen LogP contribution in [-0.4, -0.2) is 10.2 Å². The second-order valence-corrected chi connectivity index (χ2v) is 5.22. The lowest BCUT2D eigenvalue weighted by molar-refractivity contribution is 0.258. The summed E-state index contributed by atoms with van der Waals surface area (Å²) in [5, 5.41) is 11.3. The molecular weight excluding hydrogens is 290 g/mol. The minimum absolute atomic E-state index is 0.273. The van der Waals surface area contributed by atoms with Gasteiger partial charge in [-0.3, -0.25) is 0 Å². The number of aromatic nitrogens is 2. The van der Waals surface area contributed by atoms with E-state index in [0.717, 1.165) is 12.3 Å². The third-order valence-electron chi connectivity index (χ3n) is 3.47. The van der Waals surface area contributed by atoms with Crippen molar-refractivity contribution in [1.82, 2.24) is 15.5 Å². The van der Waals surface area contributed by atoms with Crippen LogP contribution >= 0.6 is 0 Å². The molecule has 0 saturated carbocycles. The van der Waals surface area contributed by atoms with Crippen LogP contribution in [0.3, 0.4) is 0 Å². The Kier molecular flexibility index (Phi) is 5.01. The Labute approximate surface area is 135 Å². The van der Waals surface area contributed by atoms with Gasteiger partial charge in [0.2, 0.25) is 5.89 Å². The maximum Gasteiger partial charge on any atom is 0.253 e. The zero-order valence-corrected chi connectivity index (χ0v) is 13.0. The molecule has 1 aromatic heterocycles. The number of hydrogen-bond donors (Lipinski definition) is 1. The van der Waals surface area contributed by atoms with Gasteiger partial charge in [-0.25, -0.2) is 0 Å². The van der Waals surface area contributed by atoms with Crippen molar-refractivity contribution in [2.45, 2.75) is 26.6 Å². The van der Waals surface area contributed by atoms with E-state index in [-0.39, 0.29) is 6.61 Å². The standard InChI is InChI=1S/C18H19N3O2/c1-14-7-5-6-8-15(14)11-19-12-17-20-21-18(23-17)13-22-16-9-3-2-4-10-16/h2-10,19H,11-13H2,1H3. The van der Waals surface area contributed by atoms with Crippen molar-refractivity contribution in [1.29, 1.82) is 0 Å². The highest BCUT2D eigenvalue weighted by molar-refractivity contribution is 5.25. The quantitative estimate of drug-likeness (QED) is 0.726. The zero-order chi connectivity index (χ0) is 15.9. The van der Waals surface area contributed by atoms with Gasteiger partial charge in [-0.1, -0.05) is 42.5 Å². The summed E-state index contributed by atoms with van der Waals surface area (Å²) in [6.45, 7) is 3.68. The van der Waals surface area contributed by atoms with Gasteiger partial charge in [-0.2, -0.15) is 0 Å². The molecule has 0 saturated heterocycles. The van der Waals surface area contributed by atoms with Gasteiger partial charge < -0.3 is 14.5 Å². The molecule has 0 bridgehead atoms. The Hall–Kier alpha value is -2.66. The molecule has 1 N–H and O–H groups in total. The highest BCUT2D eigenvalue weighted by Gasteiger charge is 2.07. The third-order valence-corrected chi connectivity index (χ3v) is 3.47. The fraction of sp³-hybridized carbons (Fsp3) is 0.222. The average molecular weight is 309 g/mol. The van der Waals surface area contributed by atoms with E-state index in [1.54, 1.807) is 0 Å². The smallest absolute Gasteiger partial charge is 0.253 e. The van der Waals surface area contributed by atoms with Crippen LogP contribution in [0.4, 0.5) is 0 Å². The number of rotatable bonds is 7. The molecule has 0 spiro atoms. The predicted molar refractivity (Wildman–Crippen MR) is 86.8 cm³/mol. The van der Waals surface area contributed by atoms with Gasteiger partial charge in [0, 0.05) is 6.54 Å². The number of benzene rings is 2. The number of para-hydroxylation sites is 1. The van der Waals surface area contributed by atoms with E-state index in [1.807, 2.05) is 42.5 Å². The third kappa shape index (κ3) is 4.40. The highest BCUT2D eigenvalue weighted by atomic mass is 16.5. The van der Waals surface area contributed by atoms with Gasteiger partial charge in [-0.15, -0.1) is 10.2 Å². The van der Waals surface area contributed by atoms with E-state index in [4.69, 9.17) is 9.15 Å². The highest BCUT2D eigenvalue weighted by Crippen LogP contribution is 2.11. The van der Waals surface area contributed by atoms with Crippen molar-refractivity contribution in [3.05, 3.63) is 77.5 Å². The van der Waals surface area contributed by atoms with Crippen LogP contribution in [-0.2, 0) is 19.7 Å². The molecule has 0 unspecified atom stereocenters. The maximum atomic E-state index is 5.58. The lowest BCUT2D eigenvalue weighted by Crippen LogP contribution is -2.13. The minimum Gasteiger partial charge on any atom is -0.484 e.